The van der Waals surface area contributed by atoms with Crippen molar-refractivity contribution in [3.63, 3.8) is 0 Å². The van der Waals surface area contributed by atoms with Crippen LogP contribution >= 0.6 is 0 Å². The Balaban J connectivity index is 4.24. The van der Waals surface area contributed by atoms with Gasteiger partial charge in [0.2, 0.25) is 0 Å². The maximum absolute atomic E-state index is 12.9. The van der Waals surface area contributed by atoms with Crippen molar-refractivity contribution in [2.24, 2.45) is 0 Å². The summed E-state index contributed by atoms with van der Waals surface area (Å²) in [5, 5.41) is 0. The van der Waals surface area contributed by atoms with Crippen LogP contribution in [0.2, 0.25) is 0 Å². The number of unbranched alkanes of at least 4 members (excludes halogenated alkanes) is 31. The van der Waals surface area contributed by atoms with Gasteiger partial charge in [0.15, 0.2) is 6.10 Å². The molecule has 0 bridgehead atoms. The lowest BCUT2D eigenvalue weighted by molar-refractivity contribution is -0.167. The Morgan fingerprint density at radius 2 is 0.534 bits per heavy atom. The molecule has 0 aliphatic heterocycles. The first-order chi connectivity index (χ1) is 36.0. The number of carbonyl (C=O) groups excluding carboxylic acids is 3. The van der Waals surface area contributed by atoms with E-state index in [0.717, 1.165) is 109 Å². The lowest BCUT2D eigenvalue weighted by atomic mass is 10.0. The van der Waals surface area contributed by atoms with E-state index in [1.54, 1.807) is 0 Å². The Morgan fingerprint density at radius 3 is 0.836 bits per heavy atom. The molecule has 0 radical (unpaired) electrons. The Bertz CT molecular complexity index is 1400. The van der Waals surface area contributed by atoms with Crippen LogP contribution in [0, 0.1) is 0 Å². The second-order valence-corrected chi connectivity index (χ2v) is 20.6. The zero-order chi connectivity index (χ0) is 52.9. The lowest BCUT2D eigenvalue weighted by Crippen LogP contribution is -2.30. The monoisotopic (exact) mass is 1020 g/mol. The Hall–Kier alpha value is -3.41. The van der Waals surface area contributed by atoms with Crippen LogP contribution in [0.4, 0.5) is 0 Å². The van der Waals surface area contributed by atoms with Crippen molar-refractivity contribution in [3.05, 3.63) is 85.1 Å². The van der Waals surface area contributed by atoms with Crippen molar-refractivity contribution < 1.29 is 28.6 Å². The molecule has 1 atom stereocenters. The standard InChI is InChI=1S/C67H116O6/c1-4-7-10-13-16-19-22-24-26-28-29-30-31-32-33-34-35-36-37-38-39-40-42-43-45-48-51-54-57-60-66(69)72-63-64(62-71-65(68)59-56-53-50-47-21-18-15-12-9-6-3)73-67(70)61-58-55-52-49-46-44-41-27-25-23-20-17-14-11-8-5-2/h7,10,16,19,24,26,29-30,32-33,35-36,38-39,64H,4-6,8-9,11-15,17-18,20-23,25,27-28,31,34,37,40-63H2,1-3H3/b10-7-,19-16-,26-24-,30-29-,33-32-,36-35-,39-38-. The number of allylic oxidation sites excluding steroid dienone is 14. The van der Waals surface area contributed by atoms with Gasteiger partial charge in [-0.15, -0.1) is 0 Å². The number of hydrogen-bond donors (Lipinski definition) is 0. The topological polar surface area (TPSA) is 78.9 Å². The molecule has 0 aromatic rings. The maximum Gasteiger partial charge on any atom is 0.306 e. The molecule has 1 unspecified atom stereocenters. The first-order valence-corrected chi connectivity index (χ1v) is 31.1. The number of ether oxygens (including phenoxy) is 3. The minimum absolute atomic E-state index is 0.0756. The average molecular weight is 1020 g/mol. The van der Waals surface area contributed by atoms with Gasteiger partial charge in [-0.25, -0.2) is 0 Å². The van der Waals surface area contributed by atoms with Crippen molar-refractivity contribution >= 4 is 17.9 Å². The van der Waals surface area contributed by atoms with Crippen LogP contribution < -0.4 is 0 Å². The van der Waals surface area contributed by atoms with Gasteiger partial charge in [0.25, 0.3) is 0 Å². The molecule has 0 saturated carbocycles. The van der Waals surface area contributed by atoms with Crippen LogP contribution in [0.5, 0.6) is 0 Å². The summed E-state index contributed by atoms with van der Waals surface area (Å²) >= 11 is 0. The van der Waals surface area contributed by atoms with E-state index in [2.05, 4.69) is 106 Å². The fourth-order valence-corrected chi connectivity index (χ4v) is 8.78. The van der Waals surface area contributed by atoms with Crippen molar-refractivity contribution in [3.8, 4) is 0 Å². The van der Waals surface area contributed by atoms with E-state index in [0.29, 0.717) is 19.3 Å². The molecular weight excluding hydrogens is 901 g/mol. The minimum Gasteiger partial charge on any atom is -0.462 e. The SMILES string of the molecule is CC/C=C\C/C=C\C/C=C\C/C=C\C/C=C\C/C=C\C/C=C\CCCCCCCCCC(=O)OCC(COC(=O)CCCCCCCCCCCC)OC(=O)CCCCCCCCCCCCCCCCCC. The van der Waals surface area contributed by atoms with Gasteiger partial charge in [0.05, 0.1) is 0 Å². The van der Waals surface area contributed by atoms with Crippen molar-refractivity contribution in [2.45, 2.75) is 309 Å². The van der Waals surface area contributed by atoms with Crippen LogP contribution in [-0.2, 0) is 28.6 Å². The van der Waals surface area contributed by atoms with Gasteiger partial charge >= 0.3 is 17.9 Å². The normalized spacial score (nSPS) is 12.6. The second kappa shape index (κ2) is 61.1. The molecule has 0 aromatic heterocycles. The van der Waals surface area contributed by atoms with Crippen LogP contribution in [0.25, 0.3) is 0 Å². The molecule has 0 aliphatic carbocycles. The van der Waals surface area contributed by atoms with Crippen LogP contribution in [0.15, 0.2) is 85.1 Å². The molecule has 0 aliphatic rings. The molecular formula is C67H116O6. The smallest absolute Gasteiger partial charge is 0.306 e. The molecule has 6 nitrogen and oxygen atoms in total. The Labute approximate surface area is 452 Å². The lowest BCUT2D eigenvalue weighted by Gasteiger charge is -2.18. The fourth-order valence-electron chi connectivity index (χ4n) is 8.78. The third-order valence-electron chi connectivity index (χ3n) is 13.4. The number of rotatable bonds is 56. The Kier molecular flexibility index (Phi) is 58.3. The summed E-state index contributed by atoms with van der Waals surface area (Å²) in [6, 6.07) is 0. The Morgan fingerprint density at radius 1 is 0.288 bits per heavy atom. The van der Waals surface area contributed by atoms with Crippen molar-refractivity contribution in [1.82, 2.24) is 0 Å². The molecule has 6 heteroatoms. The van der Waals surface area contributed by atoms with E-state index in [1.165, 1.54) is 154 Å². The van der Waals surface area contributed by atoms with Crippen LogP contribution in [0.1, 0.15) is 303 Å². The van der Waals surface area contributed by atoms with E-state index in [1.807, 2.05) is 0 Å². The highest BCUT2D eigenvalue weighted by molar-refractivity contribution is 5.71. The predicted molar refractivity (Wildman–Crippen MR) is 316 cm³/mol. The number of carbonyl (C=O) groups is 3. The molecule has 0 saturated heterocycles. The minimum atomic E-state index is -0.777. The molecule has 0 spiro atoms. The second-order valence-electron chi connectivity index (χ2n) is 20.6. The molecule has 0 N–H and O–H groups in total. The summed E-state index contributed by atoms with van der Waals surface area (Å²) in [5.41, 5.74) is 0. The predicted octanol–water partition coefficient (Wildman–Crippen LogP) is 21.1. The van der Waals surface area contributed by atoms with Gasteiger partial charge in [-0.3, -0.25) is 14.4 Å². The molecule has 0 fully saturated rings. The highest BCUT2D eigenvalue weighted by atomic mass is 16.6. The zero-order valence-corrected chi connectivity index (χ0v) is 48.1. The molecule has 420 valence electrons. The summed E-state index contributed by atoms with van der Waals surface area (Å²) in [6.07, 6.45) is 80.2. The highest BCUT2D eigenvalue weighted by Gasteiger charge is 2.19. The molecule has 0 heterocycles. The van der Waals surface area contributed by atoms with Crippen LogP contribution in [0.3, 0.4) is 0 Å². The quantitative estimate of drug-likeness (QED) is 0.0261. The highest BCUT2D eigenvalue weighted by Crippen LogP contribution is 2.16. The summed E-state index contributed by atoms with van der Waals surface area (Å²) in [4.78, 5) is 38.2. The van der Waals surface area contributed by atoms with Crippen LogP contribution in [-0.4, -0.2) is 37.2 Å². The fraction of sp³-hybridized carbons (Fsp3) is 0.746. The van der Waals surface area contributed by atoms with Gasteiger partial charge in [0.1, 0.15) is 13.2 Å². The van der Waals surface area contributed by atoms with Gasteiger partial charge in [-0.05, 0) is 77.0 Å². The third-order valence-corrected chi connectivity index (χ3v) is 13.4. The van der Waals surface area contributed by atoms with Gasteiger partial charge in [0, 0.05) is 19.3 Å². The molecule has 73 heavy (non-hydrogen) atoms. The van der Waals surface area contributed by atoms with Crippen molar-refractivity contribution in [2.75, 3.05) is 13.2 Å². The first kappa shape index (κ1) is 69.6. The van der Waals surface area contributed by atoms with Gasteiger partial charge in [-0.2, -0.15) is 0 Å². The maximum atomic E-state index is 12.9. The van der Waals surface area contributed by atoms with E-state index < -0.39 is 6.10 Å². The first-order valence-electron chi connectivity index (χ1n) is 31.1. The van der Waals surface area contributed by atoms with Crippen molar-refractivity contribution in [1.29, 1.82) is 0 Å². The summed E-state index contributed by atoms with van der Waals surface area (Å²) < 4.78 is 16.9. The third kappa shape index (κ3) is 59.3. The molecule has 0 amide bonds. The van der Waals surface area contributed by atoms with Gasteiger partial charge in [-0.1, -0.05) is 292 Å². The number of esters is 3. The molecule has 0 rings (SSSR count). The molecule has 0 aromatic carbocycles. The summed E-state index contributed by atoms with van der Waals surface area (Å²) in [5.74, 6) is -0.876. The number of hydrogen-bond acceptors (Lipinski definition) is 6. The zero-order valence-electron chi connectivity index (χ0n) is 48.1. The van der Waals surface area contributed by atoms with E-state index in [-0.39, 0.29) is 31.1 Å². The van der Waals surface area contributed by atoms with E-state index in [9.17, 15) is 14.4 Å². The summed E-state index contributed by atoms with van der Waals surface area (Å²) in [6.45, 7) is 6.53. The van der Waals surface area contributed by atoms with E-state index >= 15 is 0 Å². The largest absolute Gasteiger partial charge is 0.462 e. The summed E-state index contributed by atoms with van der Waals surface area (Å²) in [7, 11) is 0. The van der Waals surface area contributed by atoms with Gasteiger partial charge < -0.3 is 14.2 Å². The average Bonchev–Trinajstić information content (AvgIpc) is 3.39. The van der Waals surface area contributed by atoms with E-state index in [4.69, 9.17) is 14.2 Å².